The normalized spacial score (nSPS) is 18.4. The summed E-state index contributed by atoms with van der Waals surface area (Å²) in [5.74, 6) is 0. The van der Waals surface area contributed by atoms with Crippen molar-refractivity contribution in [2.75, 3.05) is 4.90 Å². The molecule has 2 atom stereocenters. The van der Waals surface area contributed by atoms with Gasteiger partial charge in [-0.3, -0.25) is 9.97 Å². The van der Waals surface area contributed by atoms with Gasteiger partial charge in [0.1, 0.15) is 6.04 Å². The Morgan fingerprint density at radius 2 is 1.83 bits per heavy atom. The molecule has 0 spiro atoms. The Kier molecular flexibility index (Phi) is 4.77. The SMILES string of the molecule is Cc1cccc(N2C(=S)NC(c3ccccn3)C2c2cccn2-c2cccnc2)c1. The van der Waals surface area contributed by atoms with Crippen LogP contribution in [-0.4, -0.2) is 19.6 Å². The third-order valence-electron chi connectivity index (χ3n) is 5.39. The third kappa shape index (κ3) is 3.25. The summed E-state index contributed by atoms with van der Waals surface area (Å²) in [5, 5.41) is 4.22. The molecule has 0 radical (unpaired) electrons. The van der Waals surface area contributed by atoms with Crippen LogP contribution in [-0.2, 0) is 0 Å². The molecule has 1 fully saturated rings. The predicted octanol–water partition coefficient (Wildman–Crippen LogP) is 4.75. The van der Waals surface area contributed by atoms with Gasteiger partial charge < -0.3 is 14.8 Å². The van der Waals surface area contributed by atoms with E-state index < -0.39 is 0 Å². The van der Waals surface area contributed by atoms with Gasteiger partial charge in [-0.25, -0.2) is 0 Å². The Morgan fingerprint density at radius 1 is 0.933 bits per heavy atom. The Labute approximate surface area is 181 Å². The minimum absolute atomic E-state index is 0.0654. The molecule has 1 N–H and O–H groups in total. The molecule has 4 aromatic rings. The van der Waals surface area contributed by atoms with Crippen molar-refractivity contribution in [3.05, 3.63) is 108 Å². The molecule has 1 aliphatic heterocycles. The number of nitrogens with one attached hydrogen (secondary N) is 1. The number of hydrogen-bond acceptors (Lipinski definition) is 3. The van der Waals surface area contributed by atoms with Gasteiger partial charge in [0.2, 0.25) is 0 Å². The average molecular weight is 412 g/mol. The van der Waals surface area contributed by atoms with E-state index in [9.17, 15) is 0 Å². The fraction of sp³-hybridized carbons (Fsp3) is 0.125. The third-order valence-corrected chi connectivity index (χ3v) is 5.70. The van der Waals surface area contributed by atoms with E-state index >= 15 is 0 Å². The summed E-state index contributed by atoms with van der Waals surface area (Å²) in [7, 11) is 0. The number of rotatable bonds is 4. The molecule has 1 aliphatic rings. The zero-order valence-electron chi connectivity index (χ0n) is 16.5. The summed E-state index contributed by atoms with van der Waals surface area (Å²) in [6, 6.07) is 22.5. The van der Waals surface area contributed by atoms with Crippen LogP contribution in [0.4, 0.5) is 5.69 Å². The van der Waals surface area contributed by atoms with Crippen LogP contribution < -0.4 is 10.2 Å². The van der Waals surface area contributed by atoms with Crippen LogP contribution in [0.25, 0.3) is 5.69 Å². The molecule has 2 unspecified atom stereocenters. The molecule has 6 heteroatoms. The predicted molar refractivity (Wildman–Crippen MR) is 123 cm³/mol. The molecule has 4 heterocycles. The van der Waals surface area contributed by atoms with Gasteiger partial charge in [0.25, 0.3) is 0 Å². The maximum atomic E-state index is 5.82. The number of benzene rings is 1. The second kappa shape index (κ2) is 7.72. The summed E-state index contributed by atoms with van der Waals surface area (Å²) >= 11 is 5.82. The molecule has 5 rings (SSSR count). The molecule has 1 saturated heterocycles. The molecule has 3 aromatic heterocycles. The second-order valence-electron chi connectivity index (χ2n) is 7.35. The first-order chi connectivity index (χ1) is 14.7. The standard InChI is InChI=1S/C24H21N5S/c1-17-7-4-8-18(15-17)29-23(22(27-24(29)30)20-10-2-3-13-26-20)21-11-6-14-28(21)19-9-5-12-25-16-19/h2-16,22-23H,1H3,(H,27,30). The first kappa shape index (κ1) is 18.5. The highest BCUT2D eigenvalue weighted by Gasteiger charge is 2.42. The maximum Gasteiger partial charge on any atom is 0.174 e. The summed E-state index contributed by atoms with van der Waals surface area (Å²) < 4.78 is 2.17. The van der Waals surface area contributed by atoms with Crippen molar-refractivity contribution in [2.24, 2.45) is 0 Å². The molecule has 0 amide bonds. The van der Waals surface area contributed by atoms with E-state index in [1.165, 1.54) is 5.56 Å². The van der Waals surface area contributed by atoms with Crippen molar-refractivity contribution in [1.29, 1.82) is 0 Å². The van der Waals surface area contributed by atoms with Crippen LogP contribution in [0.1, 0.15) is 29.0 Å². The van der Waals surface area contributed by atoms with Crippen LogP contribution in [0.5, 0.6) is 0 Å². The number of pyridine rings is 2. The zero-order chi connectivity index (χ0) is 20.5. The van der Waals surface area contributed by atoms with Crippen molar-refractivity contribution >= 4 is 23.0 Å². The topological polar surface area (TPSA) is 46.0 Å². The van der Waals surface area contributed by atoms with Crippen LogP contribution >= 0.6 is 12.2 Å². The highest BCUT2D eigenvalue weighted by atomic mass is 32.1. The second-order valence-corrected chi connectivity index (χ2v) is 7.74. The summed E-state index contributed by atoms with van der Waals surface area (Å²) in [6.07, 6.45) is 7.55. The summed E-state index contributed by atoms with van der Waals surface area (Å²) in [5.41, 5.74) is 5.35. The minimum Gasteiger partial charge on any atom is -0.351 e. The lowest BCUT2D eigenvalue weighted by Crippen LogP contribution is -2.30. The van der Waals surface area contributed by atoms with E-state index in [1.54, 1.807) is 6.20 Å². The molecule has 30 heavy (non-hydrogen) atoms. The molecule has 0 aliphatic carbocycles. The lowest BCUT2D eigenvalue weighted by molar-refractivity contribution is 0.549. The van der Waals surface area contributed by atoms with Crippen molar-refractivity contribution < 1.29 is 0 Å². The smallest absolute Gasteiger partial charge is 0.174 e. The number of anilines is 1. The van der Waals surface area contributed by atoms with Crippen molar-refractivity contribution in [3.63, 3.8) is 0 Å². The van der Waals surface area contributed by atoms with Crippen LogP contribution in [0, 0.1) is 6.92 Å². The molecule has 5 nitrogen and oxygen atoms in total. The van der Waals surface area contributed by atoms with E-state index in [-0.39, 0.29) is 12.1 Å². The van der Waals surface area contributed by atoms with E-state index in [0.717, 1.165) is 22.8 Å². The molecular formula is C24H21N5S. The average Bonchev–Trinajstić information content (AvgIpc) is 3.39. The summed E-state index contributed by atoms with van der Waals surface area (Å²) in [4.78, 5) is 11.1. The number of thiocarbonyl (C=S) groups is 1. The number of aromatic nitrogens is 3. The van der Waals surface area contributed by atoms with Crippen LogP contribution in [0.2, 0.25) is 0 Å². The largest absolute Gasteiger partial charge is 0.351 e. The Hall–Kier alpha value is -3.51. The van der Waals surface area contributed by atoms with E-state index in [2.05, 4.69) is 80.3 Å². The number of aryl methyl sites for hydroxylation is 1. The van der Waals surface area contributed by atoms with E-state index in [0.29, 0.717) is 5.11 Å². The summed E-state index contributed by atoms with van der Waals surface area (Å²) in [6.45, 7) is 2.10. The minimum atomic E-state index is -0.0791. The molecule has 0 bridgehead atoms. The highest BCUT2D eigenvalue weighted by molar-refractivity contribution is 7.80. The maximum absolute atomic E-state index is 5.82. The van der Waals surface area contributed by atoms with Gasteiger partial charge in [-0.05, 0) is 73.2 Å². The lowest BCUT2D eigenvalue weighted by Gasteiger charge is -2.29. The molecule has 0 saturated carbocycles. The van der Waals surface area contributed by atoms with Gasteiger partial charge in [-0.1, -0.05) is 18.2 Å². The lowest BCUT2D eigenvalue weighted by atomic mass is 10.0. The molecule has 1 aromatic carbocycles. The van der Waals surface area contributed by atoms with Gasteiger partial charge in [-0.2, -0.15) is 0 Å². The monoisotopic (exact) mass is 411 g/mol. The van der Waals surface area contributed by atoms with Crippen molar-refractivity contribution in [2.45, 2.75) is 19.0 Å². The van der Waals surface area contributed by atoms with Gasteiger partial charge in [0.05, 0.1) is 23.6 Å². The zero-order valence-corrected chi connectivity index (χ0v) is 17.3. The Balaban J connectivity index is 1.68. The fourth-order valence-corrected chi connectivity index (χ4v) is 4.42. The van der Waals surface area contributed by atoms with Gasteiger partial charge in [0, 0.05) is 30.0 Å². The van der Waals surface area contributed by atoms with Gasteiger partial charge in [0.15, 0.2) is 5.11 Å². The first-order valence-electron chi connectivity index (χ1n) is 9.87. The van der Waals surface area contributed by atoms with Crippen LogP contribution in [0.3, 0.4) is 0 Å². The van der Waals surface area contributed by atoms with Gasteiger partial charge >= 0.3 is 0 Å². The van der Waals surface area contributed by atoms with Crippen LogP contribution in [0.15, 0.2) is 91.5 Å². The van der Waals surface area contributed by atoms with Crippen molar-refractivity contribution in [3.8, 4) is 5.69 Å². The Bertz CT molecular complexity index is 1170. The quantitative estimate of drug-likeness (QED) is 0.491. The fourth-order valence-electron chi connectivity index (χ4n) is 4.08. The van der Waals surface area contributed by atoms with E-state index in [4.69, 9.17) is 12.2 Å². The Morgan fingerprint density at radius 3 is 2.60 bits per heavy atom. The van der Waals surface area contributed by atoms with E-state index in [1.807, 2.05) is 36.7 Å². The molecular weight excluding hydrogens is 390 g/mol. The number of hydrogen-bond donors (Lipinski definition) is 1. The highest BCUT2D eigenvalue weighted by Crippen LogP contribution is 2.42. The van der Waals surface area contributed by atoms with Crippen molar-refractivity contribution in [1.82, 2.24) is 19.9 Å². The first-order valence-corrected chi connectivity index (χ1v) is 10.3. The number of nitrogens with zero attached hydrogens (tertiary/aromatic N) is 4. The van der Waals surface area contributed by atoms with Gasteiger partial charge in [-0.15, -0.1) is 0 Å². The molecule has 148 valence electrons.